The zero-order valence-corrected chi connectivity index (χ0v) is 15.1. The van der Waals surface area contributed by atoms with Gasteiger partial charge in [-0.3, -0.25) is 4.79 Å². The summed E-state index contributed by atoms with van der Waals surface area (Å²) in [4.78, 5) is 12.7. The molecule has 0 aliphatic carbocycles. The van der Waals surface area contributed by atoms with Gasteiger partial charge in [-0.25, -0.2) is 4.68 Å². The number of aryl methyl sites for hydroxylation is 2. The molecule has 0 spiro atoms. The van der Waals surface area contributed by atoms with Crippen molar-refractivity contribution in [1.82, 2.24) is 9.78 Å². The minimum absolute atomic E-state index is 0.100. The average Bonchev–Trinajstić information content (AvgIpc) is 3.18. The summed E-state index contributed by atoms with van der Waals surface area (Å²) in [5.74, 6) is 2.46. The van der Waals surface area contributed by atoms with Crippen LogP contribution in [0.2, 0.25) is 0 Å². The van der Waals surface area contributed by atoms with Crippen molar-refractivity contribution in [2.24, 2.45) is 0 Å². The Morgan fingerprint density at radius 3 is 2.64 bits per heavy atom. The maximum Gasteiger partial charge on any atom is 0.256 e. The molecule has 4 nitrogen and oxygen atoms in total. The van der Waals surface area contributed by atoms with Gasteiger partial charge in [0.1, 0.15) is 5.82 Å². The highest BCUT2D eigenvalue weighted by Gasteiger charge is 2.25. The Morgan fingerprint density at radius 2 is 1.88 bits per heavy atom. The van der Waals surface area contributed by atoms with Gasteiger partial charge in [0.15, 0.2) is 0 Å². The van der Waals surface area contributed by atoms with E-state index in [1.54, 1.807) is 0 Å². The average molecular weight is 349 g/mol. The Labute approximate surface area is 151 Å². The van der Waals surface area contributed by atoms with Crippen LogP contribution in [0, 0.1) is 13.8 Å². The number of hydrogen-bond acceptors (Lipinski definition) is 3. The van der Waals surface area contributed by atoms with Gasteiger partial charge in [0.25, 0.3) is 5.91 Å². The van der Waals surface area contributed by atoms with E-state index in [2.05, 4.69) is 24.4 Å². The van der Waals surface area contributed by atoms with E-state index in [1.807, 2.05) is 59.8 Å². The number of rotatable bonds is 3. The Kier molecular flexibility index (Phi) is 4.09. The summed E-state index contributed by atoms with van der Waals surface area (Å²) in [7, 11) is 0. The molecule has 0 bridgehead atoms. The molecule has 1 aromatic heterocycles. The van der Waals surface area contributed by atoms with Gasteiger partial charge in [-0.15, -0.1) is 0 Å². The molecule has 0 saturated heterocycles. The van der Waals surface area contributed by atoms with Crippen molar-refractivity contribution in [2.75, 3.05) is 5.32 Å². The van der Waals surface area contributed by atoms with Crippen LogP contribution in [-0.2, 0) is 11.5 Å². The van der Waals surface area contributed by atoms with Gasteiger partial charge in [0.05, 0.1) is 11.4 Å². The van der Waals surface area contributed by atoms with Crippen LogP contribution in [0.5, 0.6) is 0 Å². The second-order valence-electron chi connectivity index (χ2n) is 6.34. The predicted octanol–water partition coefficient (Wildman–Crippen LogP) is 4.49. The molecule has 126 valence electrons. The van der Waals surface area contributed by atoms with Crippen molar-refractivity contribution in [2.45, 2.75) is 25.4 Å². The minimum Gasteiger partial charge on any atom is -0.306 e. The largest absolute Gasteiger partial charge is 0.306 e. The molecule has 0 unspecified atom stereocenters. The zero-order valence-electron chi connectivity index (χ0n) is 14.2. The van der Waals surface area contributed by atoms with Gasteiger partial charge in [-0.1, -0.05) is 35.4 Å². The van der Waals surface area contributed by atoms with E-state index in [-0.39, 0.29) is 5.91 Å². The SMILES string of the molecule is Cc1ccc(-n2nc3c(c2NC(=O)c2cccc(C)c2)CSC3)cc1. The first-order valence-corrected chi connectivity index (χ1v) is 9.41. The number of nitrogens with zero attached hydrogens (tertiary/aromatic N) is 2. The van der Waals surface area contributed by atoms with Crippen LogP contribution in [0.15, 0.2) is 48.5 Å². The lowest BCUT2D eigenvalue weighted by atomic mass is 10.1. The molecule has 2 aromatic carbocycles. The Balaban J connectivity index is 1.73. The summed E-state index contributed by atoms with van der Waals surface area (Å²) in [6.45, 7) is 4.05. The molecule has 0 saturated carbocycles. The maximum atomic E-state index is 12.7. The topological polar surface area (TPSA) is 46.9 Å². The number of aromatic nitrogens is 2. The fraction of sp³-hybridized carbons (Fsp3) is 0.200. The molecule has 1 N–H and O–H groups in total. The van der Waals surface area contributed by atoms with Gasteiger partial charge in [0, 0.05) is 22.6 Å². The second kappa shape index (κ2) is 6.41. The molecule has 1 aliphatic rings. The van der Waals surface area contributed by atoms with Crippen LogP contribution in [0.3, 0.4) is 0 Å². The molecule has 0 fully saturated rings. The van der Waals surface area contributed by atoms with Crippen LogP contribution in [0.1, 0.15) is 32.7 Å². The Bertz CT molecular complexity index is 944. The van der Waals surface area contributed by atoms with Crippen molar-refractivity contribution in [3.63, 3.8) is 0 Å². The molecule has 1 amide bonds. The number of amides is 1. The number of benzene rings is 2. The van der Waals surface area contributed by atoms with Crippen molar-refractivity contribution < 1.29 is 4.79 Å². The molecular formula is C20H19N3OS. The Hall–Kier alpha value is -2.53. The normalized spacial score (nSPS) is 12.9. The van der Waals surface area contributed by atoms with E-state index in [4.69, 9.17) is 5.10 Å². The summed E-state index contributed by atoms with van der Waals surface area (Å²) in [5, 5.41) is 7.83. The lowest BCUT2D eigenvalue weighted by molar-refractivity contribution is 0.102. The van der Waals surface area contributed by atoms with Crippen LogP contribution in [0.4, 0.5) is 5.82 Å². The number of nitrogens with one attached hydrogen (secondary N) is 1. The first-order valence-electron chi connectivity index (χ1n) is 8.25. The summed E-state index contributed by atoms with van der Waals surface area (Å²) >= 11 is 1.83. The predicted molar refractivity (Wildman–Crippen MR) is 102 cm³/mol. The fourth-order valence-electron chi connectivity index (χ4n) is 2.98. The molecule has 4 rings (SSSR count). The summed E-state index contributed by atoms with van der Waals surface area (Å²) < 4.78 is 1.86. The lowest BCUT2D eigenvalue weighted by Gasteiger charge is -2.11. The minimum atomic E-state index is -0.100. The Morgan fingerprint density at radius 1 is 1.08 bits per heavy atom. The molecule has 2 heterocycles. The van der Waals surface area contributed by atoms with Gasteiger partial charge < -0.3 is 5.32 Å². The van der Waals surface area contributed by atoms with E-state index in [1.165, 1.54) is 5.56 Å². The molecule has 0 atom stereocenters. The molecular weight excluding hydrogens is 330 g/mol. The van der Waals surface area contributed by atoms with Crippen LogP contribution >= 0.6 is 11.8 Å². The number of hydrogen-bond donors (Lipinski definition) is 1. The molecule has 1 aliphatic heterocycles. The number of anilines is 1. The maximum absolute atomic E-state index is 12.7. The van der Waals surface area contributed by atoms with E-state index < -0.39 is 0 Å². The van der Waals surface area contributed by atoms with Crippen molar-refractivity contribution in [3.8, 4) is 5.69 Å². The van der Waals surface area contributed by atoms with Crippen molar-refractivity contribution in [1.29, 1.82) is 0 Å². The second-order valence-corrected chi connectivity index (χ2v) is 7.32. The summed E-state index contributed by atoms with van der Waals surface area (Å²) in [6, 6.07) is 15.8. The third-order valence-electron chi connectivity index (χ3n) is 4.34. The number of carbonyl (C=O) groups is 1. The zero-order chi connectivity index (χ0) is 17.4. The van der Waals surface area contributed by atoms with Crippen molar-refractivity contribution >= 4 is 23.5 Å². The first-order chi connectivity index (χ1) is 12.1. The molecule has 5 heteroatoms. The molecule has 0 radical (unpaired) electrons. The third-order valence-corrected chi connectivity index (χ3v) is 5.31. The standard InChI is InChI=1S/C20H19N3OS/c1-13-6-8-16(9-7-13)23-19(17-11-25-12-18(17)22-23)21-20(24)15-5-3-4-14(2)10-15/h3-10H,11-12H2,1-2H3,(H,21,24). The monoisotopic (exact) mass is 349 g/mol. The van der Waals surface area contributed by atoms with E-state index in [9.17, 15) is 4.79 Å². The lowest BCUT2D eigenvalue weighted by Crippen LogP contribution is -2.16. The van der Waals surface area contributed by atoms with Gasteiger partial charge in [0.2, 0.25) is 0 Å². The van der Waals surface area contributed by atoms with Gasteiger partial charge >= 0.3 is 0 Å². The van der Waals surface area contributed by atoms with Crippen LogP contribution < -0.4 is 5.32 Å². The number of fused-ring (bicyclic) bond motifs is 1. The highest BCUT2D eigenvalue weighted by molar-refractivity contribution is 7.98. The summed E-state index contributed by atoms with van der Waals surface area (Å²) in [5.41, 5.74) is 6.09. The molecule has 3 aromatic rings. The fourth-order valence-corrected chi connectivity index (χ4v) is 4.02. The van der Waals surface area contributed by atoms with E-state index in [0.29, 0.717) is 5.56 Å². The van der Waals surface area contributed by atoms with Gasteiger partial charge in [-0.05, 0) is 38.1 Å². The third kappa shape index (κ3) is 3.07. The molecule has 25 heavy (non-hydrogen) atoms. The van der Waals surface area contributed by atoms with Crippen LogP contribution in [0.25, 0.3) is 5.69 Å². The van der Waals surface area contributed by atoms with Gasteiger partial charge in [-0.2, -0.15) is 16.9 Å². The number of thioether (sulfide) groups is 1. The highest BCUT2D eigenvalue weighted by atomic mass is 32.2. The smallest absolute Gasteiger partial charge is 0.256 e. The number of carbonyl (C=O) groups excluding carboxylic acids is 1. The van der Waals surface area contributed by atoms with E-state index >= 15 is 0 Å². The van der Waals surface area contributed by atoms with E-state index in [0.717, 1.165) is 39.8 Å². The summed E-state index contributed by atoms with van der Waals surface area (Å²) in [6.07, 6.45) is 0. The highest BCUT2D eigenvalue weighted by Crippen LogP contribution is 2.36. The van der Waals surface area contributed by atoms with Crippen molar-refractivity contribution in [3.05, 3.63) is 76.5 Å². The van der Waals surface area contributed by atoms with Crippen LogP contribution in [-0.4, -0.2) is 15.7 Å². The quantitative estimate of drug-likeness (QED) is 0.758. The first kappa shape index (κ1) is 16.0.